The minimum absolute atomic E-state index is 0.0630. The molecule has 7 heteroatoms. The summed E-state index contributed by atoms with van der Waals surface area (Å²) in [5.74, 6) is 0.238. The summed E-state index contributed by atoms with van der Waals surface area (Å²) in [6.45, 7) is 1.32. The average Bonchev–Trinajstić information content (AvgIpc) is 3.23. The molecule has 2 fully saturated rings. The van der Waals surface area contributed by atoms with E-state index >= 15 is 0 Å². The van der Waals surface area contributed by atoms with Gasteiger partial charge in [0.05, 0.1) is 0 Å². The molecule has 0 aromatic heterocycles. The van der Waals surface area contributed by atoms with Gasteiger partial charge in [0, 0.05) is 39.1 Å². The molecular weight excluding hydrogens is 338 g/mol. The zero-order valence-electron chi connectivity index (χ0n) is 14.7. The highest BCUT2D eigenvalue weighted by Gasteiger charge is 2.35. The van der Waals surface area contributed by atoms with Crippen LogP contribution in [0.2, 0.25) is 0 Å². The summed E-state index contributed by atoms with van der Waals surface area (Å²) in [5.41, 5.74) is 0.943. The number of nitrogens with zero attached hydrogens (tertiary/aromatic N) is 2. The normalized spacial score (nSPS) is 22.2. The minimum Gasteiger partial charge on any atom is -0.339 e. The summed E-state index contributed by atoms with van der Waals surface area (Å²) in [6, 6.07) is 9.87. The molecule has 1 aliphatic carbocycles. The Morgan fingerprint density at radius 3 is 2.56 bits per heavy atom. The molecule has 1 aromatic rings. The van der Waals surface area contributed by atoms with Crippen molar-refractivity contribution in [1.82, 2.24) is 13.9 Å². The maximum atomic E-state index is 12.4. The first-order valence-electron chi connectivity index (χ1n) is 9.00. The van der Waals surface area contributed by atoms with E-state index in [2.05, 4.69) is 4.72 Å². The molecule has 6 nitrogen and oxygen atoms in total. The number of hydrogen-bond acceptors (Lipinski definition) is 3. The second kappa shape index (κ2) is 7.85. The zero-order chi connectivity index (χ0) is 17.9. The zero-order valence-corrected chi connectivity index (χ0v) is 15.5. The highest BCUT2D eigenvalue weighted by atomic mass is 32.2. The van der Waals surface area contributed by atoms with Crippen LogP contribution in [0.25, 0.3) is 0 Å². The second-order valence-corrected chi connectivity index (χ2v) is 9.01. The molecule has 2 aliphatic rings. The van der Waals surface area contributed by atoms with Gasteiger partial charge in [0.2, 0.25) is 5.91 Å². The van der Waals surface area contributed by atoms with Gasteiger partial charge in [-0.2, -0.15) is 12.7 Å². The Bertz CT molecular complexity index is 687. The van der Waals surface area contributed by atoms with Crippen LogP contribution in [0.3, 0.4) is 0 Å². The molecule has 25 heavy (non-hydrogen) atoms. The van der Waals surface area contributed by atoms with E-state index in [1.54, 1.807) is 7.05 Å². The summed E-state index contributed by atoms with van der Waals surface area (Å²) >= 11 is 0. The second-order valence-electron chi connectivity index (χ2n) is 7.15. The van der Waals surface area contributed by atoms with Crippen LogP contribution in [0, 0.1) is 5.92 Å². The van der Waals surface area contributed by atoms with Gasteiger partial charge in [-0.3, -0.25) is 4.79 Å². The van der Waals surface area contributed by atoms with Gasteiger partial charge in [0.25, 0.3) is 10.2 Å². The smallest absolute Gasteiger partial charge is 0.279 e. The molecule has 1 saturated carbocycles. The fourth-order valence-corrected chi connectivity index (χ4v) is 4.76. The van der Waals surface area contributed by atoms with Gasteiger partial charge in [-0.15, -0.1) is 0 Å². The third kappa shape index (κ3) is 4.59. The van der Waals surface area contributed by atoms with E-state index in [4.69, 9.17) is 0 Å². The summed E-state index contributed by atoms with van der Waals surface area (Å²) in [7, 11) is -1.98. The first-order valence-corrected chi connectivity index (χ1v) is 10.4. The molecule has 1 aliphatic heterocycles. The fourth-order valence-electron chi connectivity index (χ4n) is 3.77. The number of carbonyl (C=O) groups excluding carboxylic acids is 1. The lowest BCUT2D eigenvalue weighted by atomic mass is 10.1. The van der Waals surface area contributed by atoms with Crippen LogP contribution < -0.4 is 4.72 Å². The van der Waals surface area contributed by atoms with E-state index in [0.29, 0.717) is 32.1 Å². The standard InChI is InChI=1S/C18H27N3O3S/c1-20(13-15-7-3-2-4-8-15)25(23,24)19-12-16-11-18(22)21(14-16)17-9-5-6-10-17/h2-4,7-8,16-17,19H,5-6,9-14H2,1H3. The quantitative estimate of drug-likeness (QED) is 0.800. The van der Waals surface area contributed by atoms with Crippen molar-refractivity contribution in [2.24, 2.45) is 5.92 Å². The maximum Gasteiger partial charge on any atom is 0.279 e. The molecule has 1 heterocycles. The Morgan fingerprint density at radius 2 is 1.88 bits per heavy atom. The first-order chi connectivity index (χ1) is 12.0. The van der Waals surface area contributed by atoms with Crippen molar-refractivity contribution in [3.63, 3.8) is 0 Å². The molecule has 1 amide bonds. The number of amides is 1. The molecule has 0 spiro atoms. The molecule has 1 saturated heterocycles. The van der Waals surface area contributed by atoms with Gasteiger partial charge in [-0.25, -0.2) is 4.72 Å². The molecule has 1 N–H and O–H groups in total. The van der Waals surface area contributed by atoms with Crippen LogP contribution >= 0.6 is 0 Å². The Balaban J connectivity index is 1.51. The van der Waals surface area contributed by atoms with Crippen molar-refractivity contribution in [3.8, 4) is 0 Å². The van der Waals surface area contributed by atoms with E-state index in [1.807, 2.05) is 35.2 Å². The average molecular weight is 365 g/mol. The van der Waals surface area contributed by atoms with E-state index in [1.165, 1.54) is 17.1 Å². The minimum atomic E-state index is -3.55. The van der Waals surface area contributed by atoms with E-state index in [-0.39, 0.29) is 11.8 Å². The van der Waals surface area contributed by atoms with Crippen LogP contribution in [0.1, 0.15) is 37.7 Å². The summed E-state index contributed by atoms with van der Waals surface area (Å²) in [6.07, 6.45) is 5.00. The van der Waals surface area contributed by atoms with Crippen molar-refractivity contribution >= 4 is 16.1 Å². The van der Waals surface area contributed by atoms with E-state index < -0.39 is 10.2 Å². The predicted octanol–water partition coefficient (Wildman–Crippen LogP) is 1.74. The Kier molecular flexibility index (Phi) is 5.76. The third-order valence-electron chi connectivity index (χ3n) is 5.22. The predicted molar refractivity (Wildman–Crippen MR) is 96.9 cm³/mol. The Morgan fingerprint density at radius 1 is 1.20 bits per heavy atom. The summed E-state index contributed by atoms with van der Waals surface area (Å²) in [4.78, 5) is 14.2. The van der Waals surface area contributed by atoms with Crippen molar-refractivity contribution in [1.29, 1.82) is 0 Å². The lowest BCUT2D eigenvalue weighted by Crippen LogP contribution is -2.41. The number of rotatable bonds is 7. The molecule has 0 radical (unpaired) electrons. The highest BCUT2D eigenvalue weighted by molar-refractivity contribution is 7.87. The number of nitrogens with one attached hydrogen (secondary N) is 1. The van der Waals surface area contributed by atoms with Crippen LogP contribution in [0.5, 0.6) is 0 Å². The molecule has 1 atom stereocenters. The lowest BCUT2D eigenvalue weighted by Gasteiger charge is -2.24. The molecule has 0 bridgehead atoms. The maximum absolute atomic E-state index is 12.4. The summed E-state index contributed by atoms with van der Waals surface area (Å²) in [5, 5.41) is 0. The molecule has 138 valence electrons. The topological polar surface area (TPSA) is 69.7 Å². The Labute approximate surface area is 150 Å². The number of benzene rings is 1. The highest BCUT2D eigenvalue weighted by Crippen LogP contribution is 2.29. The molecule has 1 aromatic carbocycles. The van der Waals surface area contributed by atoms with Gasteiger partial charge < -0.3 is 4.90 Å². The van der Waals surface area contributed by atoms with Crippen molar-refractivity contribution < 1.29 is 13.2 Å². The fraction of sp³-hybridized carbons (Fsp3) is 0.611. The first kappa shape index (κ1) is 18.4. The molecule has 1 unspecified atom stereocenters. The lowest BCUT2D eigenvalue weighted by molar-refractivity contribution is -0.129. The van der Waals surface area contributed by atoms with Gasteiger partial charge in [0.15, 0.2) is 0 Å². The van der Waals surface area contributed by atoms with Crippen molar-refractivity contribution in [3.05, 3.63) is 35.9 Å². The van der Waals surface area contributed by atoms with Crippen molar-refractivity contribution in [2.75, 3.05) is 20.1 Å². The van der Waals surface area contributed by atoms with E-state index in [0.717, 1.165) is 18.4 Å². The number of hydrogen-bond donors (Lipinski definition) is 1. The van der Waals surface area contributed by atoms with Crippen LogP contribution in [-0.2, 0) is 21.5 Å². The van der Waals surface area contributed by atoms with E-state index in [9.17, 15) is 13.2 Å². The largest absolute Gasteiger partial charge is 0.339 e. The number of likely N-dealkylation sites (tertiary alicyclic amines) is 1. The number of carbonyl (C=O) groups is 1. The van der Waals surface area contributed by atoms with Crippen molar-refractivity contribution in [2.45, 2.75) is 44.7 Å². The van der Waals surface area contributed by atoms with Gasteiger partial charge in [-0.1, -0.05) is 43.2 Å². The third-order valence-corrected chi connectivity index (χ3v) is 6.70. The van der Waals surface area contributed by atoms with Crippen LogP contribution in [-0.4, -0.2) is 49.7 Å². The monoisotopic (exact) mass is 365 g/mol. The van der Waals surface area contributed by atoms with Crippen LogP contribution in [0.15, 0.2) is 30.3 Å². The van der Waals surface area contributed by atoms with Gasteiger partial charge in [0.1, 0.15) is 0 Å². The Hall–Kier alpha value is -1.44. The van der Waals surface area contributed by atoms with Gasteiger partial charge in [-0.05, 0) is 24.3 Å². The molecule has 3 rings (SSSR count). The SMILES string of the molecule is CN(Cc1ccccc1)S(=O)(=O)NCC1CC(=O)N(C2CCCC2)C1. The summed E-state index contributed by atoms with van der Waals surface area (Å²) < 4.78 is 28.8. The van der Waals surface area contributed by atoms with Crippen LogP contribution in [0.4, 0.5) is 0 Å². The van der Waals surface area contributed by atoms with Gasteiger partial charge >= 0.3 is 0 Å². The molecular formula is C18H27N3O3S.